The Bertz CT molecular complexity index is 575. The third-order valence-electron chi connectivity index (χ3n) is 3.51. The molecule has 0 aliphatic heterocycles. The third kappa shape index (κ3) is 3.46. The van der Waals surface area contributed by atoms with Crippen molar-refractivity contribution in [3.8, 4) is 0 Å². The van der Waals surface area contributed by atoms with E-state index in [1.807, 2.05) is 0 Å². The molecule has 0 N–H and O–H groups in total. The Labute approximate surface area is 153 Å². The van der Waals surface area contributed by atoms with Crippen molar-refractivity contribution in [2.75, 3.05) is 0 Å². The number of hydrogen-bond donors (Lipinski definition) is 0. The zero-order valence-corrected chi connectivity index (χ0v) is 17.3. The molecule has 0 spiro atoms. The molecular weight excluding hydrogens is 560 g/mol. The van der Waals surface area contributed by atoms with Gasteiger partial charge in [-0.3, -0.25) is 0 Å². The molecule has 3 aromatic carbocycles. The fourth-order valence-electron chi connectivity index (χ4n) is 2.50. The van der Waals surface area contributed by atoms with Crippen molar-refractivity contribution in [3.05, 3.63) is 91.0 Å². The number of benzene rings is 3. The maximum atomic E-state index is 2.71. The van der Waals surface area contributed by atoms with Crippen LogP contribution in [0.2, 0.25) is 0 Å². The summed E-state index contributed by atoms with van der Waals surface area (Å²) >= 11 is 2.71. The van der Waals surface area contributed by atoms with Crippen molar-refractivity contribution in [1.82, 2.24) is 0 Å². The zero-order chi connectivity index (χ0) is 13.8. The summed E-state index contributed by atoms with van der Waals surface area (Å²) in [7, 11) is 0. The largest absolute Gasteiger partial charge is 0 e. The predicted octanol–water partition coefficient (Wildman–Crippen LogP) is 4.06. The predicted molar refractivity (Wildman–Crippen MR) is 101 cm³/mol. The number of halogens is 1. The summed E-state index contributed by atoms with van der Waals surface area (Å²) in [5.41, 5.74) is 0. The fraction of sp³-hybridized carbons (Fsp3) is 0. The molecule has 0 aliphatic rings. The number of hydrogen-bond acceptors (Lipinski definition) is 0. The first-order valence-electron chi connectivity index (χ1n) is 6.67. The van der Waals surface area contributed by atoms with Crippen molar-refractivity contribution >= 4 is 42.9 Å². The Morgan fingerprint density at radius 1 is 0.476 bits per heavy atom. The summed E-state index contributed by atoms with van der Waals surface area (Å²) in [5.74, 6) is 0. The summed E-state index contributed by atoms with van der Waals surface area (Å²) in [5, 5.41) is 4.33. The molecule has 0 fully saturated rings. The van der Waals surface area contributed by atoms with Crippen LogP contribution in [0.5, 0.6) is 0 Å². The Morgan fingerprint density at radius 2 is 0.714 bits per heavy atom. The second-order valence-electron chi connectivity index (χ2n) is 4.76. The molecule has 3 aromatic rings. The van der Waals surface area contributed by atoms with E-state index < -0.39 is 4.90 Å². The van der Waals surface area contributed by atoms with Crippen molar-refractivity contribution < 1.29 is 20.4 Å². The molecule has 3 heteroatoms. The second-order valence-corrected chi connectivity index (χ2v) is 12.7. The minimum absolute atomic E-state index is 0. The molecule has 0 heterocycles. The molecule has 3 rings (SSSR count). The molecule has 0 bridgehead atoms. The quantitative estimate of drug-likeness (QED) is 0.326. The molecule has 0 atom stereocenters. The van der Waals surface area contributed by atoms with Gasteiger partial charge in [-0.05, 0) is 0 Å². The van der Waals surface area contributed by atoms with E-state index in [1.165, 1.54) is 15.9 Å². The van der Waals surface area contributed by atoms with Gasteiger partial charge in [-0.1, -0.05) is 0 Å². The maximum absolute atomic E-state index is 2.71. The van der Waals surface area contributed by atoms with E-state index in [-0.39, 0.29) is 20.4 Å². The third-order valence-corrected chi connectivity index (χ3v) is 12.5. The van der Waals surface area contributed by atoms with Gasteiger partial charge in [-0.2, -0.15) is 0 Å². The van der Waals surface area contributed by atoms with Gasteiger partial charge in [0.2, 0.25) is 0 Å². The van der Waals surface area contributed by atoms with Crippen LogP contribution in [0, 0.1) is 0 Å². The summed E-state index contributed by atoms with van der Waals surface area (Å²) < 4.78 is 0. The van der Waals surface area contributed by atoms with E-state index in [4.69, 9.17) is 0 Å². The van der Waals surface area contributed by atoms with Crippen LogP contribution < -0.4 is 15.9 Å². The fourth-order valence-corrected chi connectivity index (χ4v) is 8.70. The Morgan fingerprint density at radius 3 is 0.952 bits per heavy atom. The van der Waals surface area contributed by atoms with Crippen LogP contribution in [0.3, 0.4) is 0 Å². The number of rotatable bonds is 3. The average molecular weight is 576 g/mol. The van der Waals surface area contributed by atoms with E-state index in [0.717, 1.165) is 0 Å². The summed E-state index contributed by atoms with van der Waals surface area (Å²) in [4.78, 5) is -1.91. The zero-order valence-electron chi connectivity index (χ0n) is 11.4. The second kappa shape index (κ2) is 7.66. The van der Waals surface area contributed by atoms with Gasteiger partial charge >= 0.3 is 134 Å². The van der Waals surface area contributed by atoms with Gasteiger partial charge < -0.3 is 0 Å². The van der Waals surface area contributed by atoms with Crippen LogP contribution in [0.25, 0.3) is 0 Å². The van der Waals surface area contributed by atoms with Crippen LogP contribution in [-0.4, -0.2) is 0 Å². The standard InChI is InChI=1S/C18H16IP.Re/c19-20(16-10-4-1-5-11-16,17-12-6-2-7-13-17)18-14-8-3-9-15-18;/h1-15,20H;. The van der Waals surface area contributed by atoms with Crippen molar-refractivity contribution in [1.29, 1.82) is 0 Å². The van der Waals surface area contributed by atoms with Gasteiger partial charge in [0.15, 0.2) is 0 Å². The summed E-state index contributed by atoms with van der Waals surface area (Å²) in [6.07, 6.45) is 0. The summed E-state index contributed by atoms with van der Waals surface area (Å²) in [6.45, 7) is 0. The minimum atomic E-state index is -1.91. The first-order chi connectivity index (χ1) is 9.82. The normalized spacial score (nSPS) is 11.5. The molecule has 0 amide bonds. The van der Waals surface area contributed by atoms with E-state index in [1.54, 1.807) is 0 Å². The van der Waals surface area contributed by atoms with Gasteiger partial charge in [-0.25, -0.2) is 0 Å². The van der Waals surface area contributed by atoms with Crippen molar-refractivity contribution in [2.45, 2.75) is 0 Å². The first kappa shape index (κ1) is 16.8. The molecule has 107 valence electrons. The van der Waals surface area contributed by atoms with Crippen LogP contribution in [0.4, 0.5) is 0 Å². The smallest absolute Gasteiger partial charge is 0 e. The first-order valence-corrected chi connectivity index (χ1v) is 11.8. The van der Waals surface area contributed by atoms with E-state index in [2.05, 4.69) is 113 Å². The van der Waals surface area contributed by atoms with Gasteiger partial charge in [0, 0.05) is 20.4 Å². The van der Waals surface area contributed by atoms with Crippen molar-refractivity contribution in [3.63, 3.8) is 0 Å². The van der Waals surface area contributed by atoms with Crippen LogP contribution in [0.1, 0.15) is 0 Å². The molecule has 0 unspecified atom stereocenters. The Hall–Kier alpha value is -0.518. The Balaban J connectivity index is 0.00000161. The van der Waals surface area contributed by atoms with Gasteiger partial charge in [0.05, 0.1) is 0 Å². The van der Waals surface area contributed by atoms with Gasteiger partial charge in [0.25, 0.3) is 0 Å². The van der Waals surface area contributed by atoms with Crippen LogP contribution in [0.15, 0.2) is 91.0 Å². The van der Waals surface area contributed by atoms with Crippen LogP contribution in [-0.2, 0) is 20.4 Å². The molecule has 1 radical (unpaired) electrons. The molecular formula is C18H16IPRe. The van der Waals surface area contributed by atoms with Gasteiger partial charge in [-0.15, -0.1) is 0 Å². The van der Waals surface area contributed by atoms with E-state index in [9.17, 15) is 0 Å². The summed E-state index contributed by atoms with van der Waals surface area (Å²) in [6, 6.07) is 32.7. The average Bonchev–Trinajstić information content (AvgIpc) is 2.56. The van der Waals surface area contributed by atoms with E-state index >= 15 is 0 Å². The van der Waals surface area contributed by atoms with Gasteiger partial charge in [0.1, 0.15) is 0 Å². The monoisotopic (exact) mass is 577 g/mol. The molecule has 0 aromatic heterocycles. The molecule has 0 aliphatic carbocycles. The topological polar surface area (TPSA) is 0 Å². The Kier molecular flexibility index (Phi) is 6.14. The molecule has 0 nitrogen and oxygen atoms in total. The maximum Gasteiger partial charge on any atom is 0 e. The minimum Gasteiger partial charge on any atom is 0 e. The SMILES string of the molecule is I[PH](c1ccccc1)(c1ccccc1)c1ccccc1.[Re]. The van der Waals surface area contributed by atoms with E-state index in [0.29, 0.717) is 0 Å². The van der Waals surface area contributed by atoms with Crippen LogP contribution >= 0.6 is 26.9 Å². The molecule has 0 saturated carbocycles. The van der Waals surface area contributed by atoms with Crippen molar-refractivity contribution in [2.24, 2.45) is 0 Å². The molecule has 0 saturated heterocycles. The molecule has 21 heavy (non-hydrogen) atoms.